The van der Waals surface area contributed by atoms with E-state index in [9.17, 15) is 23.2 Å². The SMILES string of the molecule is CCCCOc1c2n(cc(C(=O)NCc3ccc(F)cc3F)c1=O)[C@@H]1CN(C2=O)[C@@H](C)C=C[C@H]1Cl. The Kier molecular flexibility index (Phi) is 7.25. The second kappa shape index (κ2) is 10.2. The molecule has 2 aliphatic heterocycles. The summed E-state index contributed by atoms with van der Waals surface area (Å²) in [6.45, 7) is 4.06. The molecule has 0 radical (unpaired) electrons. The number of pyridine rings is 1. The van der Waals surface area contributed by atoms with Gasteiger partial charge in [0.25, 0.3) is 11.8 Å². The van der Waals surface area contributed by atoms with Gasteiger partial charge in [-0.25, -0.2) is 8.78 Å². The summed E-state index contributed by atoms with van der Waals surface area (Å²) in [7, 11) is 0. The lowest BCUT2D eigenvalue weighted by Crippen LogP contribution is -2.49. The van der Waals surface area contributed by atoms with Crippen molar-refractivity contribution in [1.82, 2.24) is 14.8 Å². The predicted octanol–water partition coefficient (Wildman–Crippen LogP) is 3.80. The molecular weight excluding hydrogens is 480 g/mol. The van der Waals surface area contributed by atoms with Gasteiger partial charge in [0.15, 0.2) is 11.4 Å². The highest BCUT2D eigenvalue weighted by molar-refractivity contribution is 6.22. The Labute approximate surface area is 206 Å². The summed E-state index contributed by atoms with van der Waals surface area (Å²) in [6.07, 6.45) is 6.41. The molecule has 0 saturated heterocycles. The number of unbranched alkanes of at least 4 members (excludes halogenated alkanes) is 1. The van der Waals surface area contributed by atoms with Crippen molar-refractivity contribution in [3.8, 4) is 5.75 Å². The van der Waals surface area contributed by atoms with E-state index in [2.05, 4.69) is 5.32 Å². The van der Waals surface area contributed by atoms with Crippen LogP contribution in [-0.4, -0.2) is 45.9 Å². The number of allylic oxidation sites excluding steroid dienone is 1. The second-order valence-corrected chi connectivity index (χ2v) is 9.18. The minimum Gasteiger partial charge on any atom is -0.487 e. The number of nitrogens with zero attached hydrogens (tertiary/aromatic N) is 2. The van der Waals surface area contributed by atoms with Crippen molar-refractivity contribution in [1.29, 1.82) is 0 Å². The molecule has 2 bridgehead atoms. The van der Waals surface area contributed by atoms with Gasteiger partial charge in [-0.1, -0.05) is 31.6 Å². The summed E-state index contributed by atoms with van der Waals surface area (Å²) in [4.78, 5) is 41.4. The largest absolute Gasteiger partial charge is 0.487 e. The lowest BCUT2D eigenvalue weighted by molar-refractivity contribution is 0.0628. The molecule has 186 valence electrons. The zero-order valence-electron chi connectivity index (χ0n) is 19.4. The topological polar surface area (TPSA) is 80.6 Å². The molecule has 1 aromatic carbocycles. The van der Waals surface area contributed by atoms with Crippen LogP contribution < -0.4 is 15.5 Å². The van der Waals surface area contributed by atoms with Crippen LogP contribution in [0.1, 0.15) is 59.1 Å². The van der Waals surface area contributed by atoms with E-state index in [0.717, 1.165) is 12.5 Å². The van der Waals surface area contributed by atoms with Gasteiger partial charge in [-0.05, 0) is 19.4 Å². The third-order valence-corrected chi connectivity index (χ3v) is 6.71. The number of carbonyl (C=O) groups excluding carboxylic acids is 2. The number of rotatable bonds is 7. The predicted molar refractivity (Wildman–Crippen MR) is 127 cm³/mol. The van der Waals surface area contributed by atoms with Gasteiger partial charge < -0.3 is 19.5 Å². The first-order chi connectivity index (χ1) is 16.7. The number of fused-ring (bicyclic) bond motifs is 4. The number of carbonyl (C=O) groups is 2. The first kappa shape index (κ1) is 24.9. The zero-order chi connectivity index (χ0) is 25.3. The van der Waals surface area contributed by atoms with Gasteiger partial charge in [-0.15, -0.1) is 11.6 Å². The number of hydrogen-bond acceptors (Lipinski definition) is 4. The van der Waals surface area contributed by atoms with Crippen LogP contribution >= 0.6 is 11.6 Å². The Morgan fingerprint density at radius 1 is 1.26 bits per heavy atom. The lowest BCUT2D eigenvalue weighted by Gasteiger charge is -2.38. The van der Waals surface area contributed by atoms with Crippen LogP contribution in [0, 0.1) is 11.6 Å². The summed E-state index contributed by atoms with van der Waals surface area (Å²) < 4.78 is 34.5. The first-order valence-electron chi connectivity index (χ1n) is 11.5. The van der Waals surface area contributed by atoms with Crippen molar-refractivity contribution in [2.45, 2.75) is 50.7 Å². The number of nitrogens with one attached hydrogen (secondary N) is 1. The molecule has 0 saturated carbocycles. The van der Waals surface area contributed by atoms with Gasteiger partial charge in [0.05, 0.1) is 18.0 Å². The Hall–Kier alpha value is -3.20. The van der Waals surface area contributed by atoms with Crippen LogP contribution in [0.5, 0.6) is 5.75 Å². The summed E-state index contributed by atoms with van der Waals surface area (Å²) in [5.74, 6) is -2.90. The van der Waals surface area contributed by atoms with Gasteiger partial charge in [0.1, 0.15) is 17.2 Å². The van der Waals surface area contributed by atoms with E-state index in [-0.39, 0.29) is 47.7 Å². The van der Waals surface area contributed by atoms with E-state index in [1.54, 1.807) is 15.5 Å². The van der Waals surface area contributed by atoms with Crippen molar-refractivity contribution >= 4 is 23.4 Å². The lowest BCUT2D eigenvalue weighted by atomic mass is 10.1. The van der Waals surface area contributed by atoms with E-state index in [1.807, 2.05) is 19.9 Å². The molecule has 0 aliphatic carbocycles. The van der Waals surface area contributed by atoms with Crippen molar-refractivity contribution in [2.75, 3.05) is 13.2 Å². The highest BCUT2D eigenvalue weighted by Gasteiger charge is 2.41. The van der Waals surface area contributed by atoms with Gasteiger partial charge in [0, 0.05) is 37.0 Å². The molecule has 0 spiro atoms. The average Bonchev–Trinajstić information content (AvgIpc) is 2.95. The van der Waals surface area contributed by atoms with Crippen molar-refractivity contribution in [2.24, 2.45) is 0 Å². The van der Waals surface area contributed by atoms with E-state index in [4.69, 9.17) is 16.3 Å². The summed E-state index contributed by atoms with van der Waals surface area (Å²) in [6, 6.07) is 2.36. The maximum atomic E-state index is 14.0. The van der Waals surface area contributed by atoms with Crippen molar-refractivity contribution in [3.63, 3.8) is 0 Å². The highest BCUT2D eigenvalue weighted by atomic mass is 35.5. The maximum Gasteiger partial charge on any atom is 0.275 e. The third kappa shape index (κ3) is 4.82. The molecule has 3 heterocycles. The number of amides is 2. The summed E-state index contributed by atoms with van der Waals surface area (Å²) in [5.41, 5.74) is -0.866. The van der Waals surface area contributed by atoms with Gasteiger partial charge in [-0.2, -0.15) is 0 Å². The molecule has 35 heavy (non-hydrogen) atoms. The molecule has 1 N–H and O–H groups in total. The Morgan fingerprint density at radius 3 is 2.74 bits per heavy atom. The number of halogens is 3. The van der Waals surface area contributed by atoms with Gasteiger partial charge in [0.2, 0.25) is 5.43 Å². The average molecular weight is 506 g/mol. The molecule has 2 aliphatic rings. The maximum absolute atomic E-state index is 14.0. The molecule has 7 nitrogen and oxygen atoms in total. The van der Waals surface area contributed by atoms with Gasteiger partial charge in [-0.3, -0.25) is 14.4 Å². The van der Waals surface area contributed by atoms with Crippen LogP contribution in [0.3, 0.4) is 0 Å². The summed E-state index contributed by atoms with van der Waals surface area (Å²) >= 11 is 6.61. The van der Waals surface area contributed by atoms with E-state index < -0.39 is 34.4 Å². The van der Waals surface area contributed by atoms with Crippen LogP contribution in [0.25, 0.3) is 0 Å². The smallest absolute Gasteiger partial charge is 0.275 e. The standard InChI is InChI=1S/C25H26ClF2N3O4/c1-3-4-9-35-23-21-25(34)30-13-20(18(26)8-5-14(30)2)31(21)12-17(22(23)32)24(33)29-11-15-6-7-16(27)10-19(15)28/h5-8,10,12,14,18,20H,3-4,9,11,13H2,1-2H3,(H,29,33)/t14-,18+,20+/m0/s1. The molecule has 0 unspecified atom stereocenters. The minimum absolute atomic E-state index is 0.0599. The quantitative estimate of drug-likeness (QED) is 0.352. The van der Waals surface area contributed by atoms with E-state index in [0.29, 0.717) is 19.0 Å². The minimum atomic E-state index is -0.814. The fraction of sp³-hybridized carbons (Fsp3) is 0.400. The Bertz CT molecular complexity index is 1250. The fourth-order valence-corrected chi connectivity index (χ4v) is 4.53. The Morgan fingerprint density at radius 2 is 2.03 bits per heavy atom. The van der Waals surface area contributed by atoms with Crippen molar-refractivity contribution < 1.29 is 23.1 Å². The van der Waals surface area contributed by atoms with E-state index >= 15 is 0 Å². The molecule has 2 amide bonds. The monoisotopic (exact) mass is 505 g/mol. The zero-order valence-corrected chi connectivity index (χ0v) is 20.1. The molecule has 0 fully saturated rings. The molecule has 4 rings (SSSR count). The normalized spacial score (nSPS) is 20.9. The fourth-order valence-electron chi connectivity index (χ4n) is 4.24. The van der Waals surface area contributed by atoms with E-state index in [1.165, 1.54) is 12.3 Å². The van der Waals surface area contributed by atoms with Crippen LogP contribution in [0.15, 0.2) is 41.3 Å². The Balaban J connectivity index is 1.75. The third-order valence-electron chi connectivity index (χ3n) is 6.27. The van der Waals surface area contributed by atoms with Gasteiger partial charge >= 0.3 is 0 Å². The number of aromatic nitrogens is 1. The second-order valence-electron chi connectivity index (χ2n) is 8.67. The molecule has 1 aromatic heterocycles. The number of benzene rings is 1. The highest BCUT2D eigenvalue weighted by Crippen LogP contribution is 2.34. The van der Waals surface area contributed by atoms with Crippen LogP contribution in [-0.2, 0) is 6.54 Å². The number of ether oxygens (including phenoxy) is 1. The molecule has 2 aromatic rings. The molecule has 10 heteroatoms. The van der Waals surface area contributed by atoms with Crippen LogP contribution in [0.2, 0.25) is 0 Å². The van der Waals surface area contributed by atoms with Crippen LogP contribution in [0.4, 0.5) is 8.78 Å². The van der Waals surface area contributed by atoms with Crippen molar-refractivity contribution in [3.05, 3.63) is 75.2 Å². The molecule has 3 atom stereocenters. The summed E-state index contributed by atoms with van der Waals surface area (Å²) in [5, 5.41) is 2.01. The molecular formula is C25H26ClF2N3O4. The number of hydrogen-bond donors (Lipinski definition) is 1. The first-order valence-corrected chi connectivity index (χ1v) is 11.9. The number of alkyl halides is 1.